The van der Waals surface area contributed by atoms with E-state index in [1.165, 1.54) is 0 Å². The molecule has 31 heavy (non-hydrogen) atoms. The van der Waals surface area contributed by atoms with Gasteiger partial charge in [-0.25, -0.2) is 0 Å². The molecule has 1 aliphatic heterocycles. The van der Waals surface area contributed by atoms with Gasteiger partial charge in [0.1, 0.15) is 11.6 Å². The molecule has 3 N–H and O–H groups in total. The first-order valence-electron chi connectivity index (χ1n) is 10.7. The standard InChI is InChI=1S/C25H37N5O/c1-9-11-22(26-8)18-12-13-20(23(31)14-18)21(10-2)29-28-17(3)27-19-15-24(4,5)30-25(6,7)16-19/h9-14,19,30-31H,2,15-16H2,1,3-8H3,(H,27,28)/b11-9-,26-22?,29-21+. The number of phenols is 1. The zero-order chi connectivity index (χ0) is 23.2. The third-order valence-electron chi connectivity index (χ3n) is 5.21. The maximum absolute atomic E-state index is 10.6. The maximum Gasteiger partial charge on any atom is 0.125 e. The Kier molecular flexibility index (Phi) is 7.96. The highest BCUT2D eigenvalue weighted by Gasteiger charge is 2.37. The summed E-state index contributed by atoms with van der Waals surface area (Å²) in [7, 11) is 1.73. The van der Waals surface area contributed by atoms with Gasteiger partial charge in [0, 0.05) is 29.3 Å². The largest absolute Gasteiger partial charge is 0.507 e. The first kappa shape index (κ1) is 24.5. The molecule has 168 valence electrons. The summed E-state index contributed by atoms with van der Waals surface area (Å²) in [4.78, 5) is 9.11. The van der Waals surface area contributed by atoms with Crippen molar-refractivity contribution in [3.63, 3.8) is 0 Å². The van der Waals surface area contributed by atoms with Crippen molar-refractivity contribution >= 4 is 17.3 Å². The van der Waals surface area contributed by atoms with E-state index in [0.29, 0.717) is 11.3 Å². The van der Waals surface area contributed by atoms with Gasteiger partial charge in [0.25, 0.3) is 0 Å². The second-order valence-corrected chi connectivity index (χ2v) is 9.32. The molecule has 0 atom stereocenters. The fourth-order valence-corrected chi connectivity index (χ4v) is 4.38. The van der Waals surface area contributed by atoms with Crippen LogP contribution in [0.15, 0.2) is 58.1 Å². The average Bonchev–Trinajstić information content (AvgIpc) is 2.64. The molecule has 0 saturated carbocycles. The van der Waals surface area contributed by atoms with E-state index in [9.17, 15) is 5.11 Å². The van der Waals surface area contributed by atoms with Crippen molar-refractivity contribution in [2.75, 3.05) is 7.05 Å². The van der Waals surface area contributed by atoms with Crippen LogP contribution < -0.4 is 10.7 Å². The Hall–Kier alpha value is -2.73. The number of hydrazone groups is 1. The van der Waals surface area contributed by atoms with E-state index < -0.39 is 0 Å². The van der Waals surface area contributed by atoms with Crippen LogP contribution in [-0.2, 0) is 0 Å². The van der Waals surface area contributed by atoms with Gasteiger partial charge in [-0.15, -0.1) is 0 Å². The molecule has 1 fully saturated rings. The number of hydrogen-bond donors (Lipinski definition) is 3. The van der Waals surface area contributed by atoms with Crippen molar-refractivity contribution < 1.29 is 5.11 Å². The minimum atomic E-state index is 0.0346. The van der Waals surface area contributed by atoms with Crippen molar-refractivity contribution in [3.8, 4) is 5.75 Å². The molecule has 1 aromatic carbocycles. The monoisotopic (exact) mass is 423 g/mol. The summed E-state index contributed by atoms with van der Waals surface area (Å²) < 4.78 is 0. The lowest BCUT2D eigenvalue weighted by atomic mass is 9.80. The lowest BCUT2D eigenvalue weighted by Crippen LogP contribution is -2.59. The van der Waals surface area contributed by atoms with Crippen molar-refractivity contribution in [2.24, 2.45) is 15.1 Å². The number of aromatic hydroxyl groups is 1. The summed E-state index contributed by atoms with van der Waals surface area (Å²) in [5.41, 5.74) is 5.88. The lowest BCUT2D eigenvalue weighted by Gasteiger charge is -2.45. The minimum absolute atomic E-state index is 0.0346. The Morgan fingerprint density at radius 3 is 2.35 bits per heavy atom. The molecular formula is C25H37N5O. The molecule has 6 nitrogen and oxygen atoms in total. The van der Waals surface area contributed by atoms with Gasteiger partial charge in [0.2, 0.25) is 0 Å². The van der Waals surface area contributed by atoms with E-state index in [-0.39, 0.29) is 22.9 Å². The second-order valence-electron chi connectivity index (χ2n) is 9.32. The zero-order valence-corrected chi connectivity index (χ0v) is 20.0. The Morgan fingerprint density at radius 2 is 1.84 bits per heavy atom. The van der Waals surface area contributed by atoms with Crippen LogP contribution in [0.3, 0.4) is 0 Å². The van der Waals surface area contributed by atoms with Crippen LogP contribution in [0.2, 0.25) is 0 Å². The average molecular weight is 424 g/mol. The molecule has 0 spiro atoms. The highest BCUT2D eigenvalue weighted by atomic mass is 16.3. The van der Waals surface area contributed by atoms with E-state index >= 15 is 0 Å². The van der Waals surface area contributed by atoms with Crippen molar-refractivity contribution in [1.29, 1.82) is 0 Å². The summed E-state index contributed by atoms with van der Waals surface area (Å²) in [5.74, 6) is 0.863. The maximum atomic E-state index is 10.6. The number of piperidine rings is 1. The van der Waals surface area contributed by atoms with Crippen LogP contribution in [-0.4, -0.2) is 46.5 Å². The van der Waals surface area contributed by atoms with Gasteiger partial charge >= 0.3 is 0 Å². The van der Waals surface area contributed by atoms with Crippen LogP contribution in [0, 0.1) is 0 Å². The molecule has 0 bridgehead atoms. The predicted molar refractivity (Wildman–Crippen MR) is 133 cm³/mol. The topological polar surface area (TPSA) is 81.4 Å². The third kappa shape index (κ3) is 6.89. The van der Waals surface area contributed by atoms with Gasteiger partial charge in [-0.1, -0.05) is 18.7 Å². The van der Waals surface area contributed by atoms with Gasteiger partial charge in [0.15, 0.2) is 0 Å². The number of nitrogens with one attached hydrogen (secondary N) is 2. The van der Waals surface area contributed by atoms with E-state index in [1.807, 2.05) is 38.1 Å². The fourth-order valence-electron chi connectivity index (χ4n) is 4.38. The van der Waals surface area contributed by atoms with E-state index in [4.69, 9.17) is 4.99 Å². The minimum Gasteiger partial charge on any atom is -0.507 e. The summed E-state index contributed by atoms with van der Waals surface area (Å²) in [6.45, 7) is 16.5. The fraction of sp³-hybridized carbons (Fsp3) is 0.480. The molecule has 6 heteroatoms. The van der Waals surface area contributed by atoms with E-state index in [2.05, 4.69) is 55.1 Å². The summed E-state index contributed by atoms with van der Waals surface area (Å²) in [5, 5.41) is 18.7. The normalized spacial score (nSPS) is 20.2. The molecule has 0 radical (unpaired) electrons. The molecule has 1 heterocycles. The van der Waals surface area contributed by atoms with Crippen LogP contribution in [0.25, 0.3) is 0 Å². The van der Waals surface area contributed by atoms with Gasteiger partial charge in [0.05, 0.1) is 17.5 Å². The van der Waals surface area contributed by atoms with Crippen molar-refractivity contribution in [3.05, 3.63) is 54.1 Å². The van der Waals surface area contributed by atoms with Gasteiger partial charge in [-0.2, -0.15) is 5.10 Å². The van der Waals surface area contributed by atoms with Gasteiger partial charge < -0.3 is 10.4 Å². The lowest BCUT2D eigenvalue weighted by molar-refractivity contribution is 0.164. The highest BCUT2D eigenvalue weighted by molar-refractivity contribution is 6.13. The molecule has 1 saturated heterocycles. The number of aliphatic imine (C=N–C) groups is 2. The number of nitrogens with zero attached hydrogens (tertiary/aromatic N) is 3. The first-order chi connectivity index (χ1) is 14.5. The SMILES string of the molecule is C=C/C(=N\NC(C)=NC1CC(C)(C)NC(C)(C)C1)c1ccc(C(/C=C\C)=NC)cc1O. The number of rotatable bonds is 6. The number of amidine groups is 1. The Labute approximate surface area is 187 Å². The predicted octanol–water partition coefficient (Wildman–Crippen LogP) is 4.59. The molecule has 0 aromatic heterocycles. The molecule has 0 amide bonds. The second kappa shape index (κ2) is 10.1. The molecule has 2 rings (SSSR count). The molecule has 1 aromatic rings. The summed E-state index contributed by atoms with van der Waals surface area (Å²) >= 11 is 0. The Balaban J connectivity index is 2.20. The molecule has 0 unspecified atom stereocenters. The summed E-state index contributed by atoms with van der Waals surface area (Å²) in [6, 6.07) is 5.64. The van der Waals surface area contributed by atoms with Gasteiger partial charge in [-0.3, -0.25) is 15.4 Å². The smallest absolute Gasteiger partial charge is 0.125 e. The highest BCUT2D eigenvalue weighted by Crippen LogP contribution is 2.30. The van der Waals surface area contributed by atoms with Crippen LogP contribution in [0.5, 0.6) is 5.75 Å². The van der Waals surface area contributed by atoms with Crippen LogP contribution >= 0.6 is 0 Å². The molecular weight excluding hydrogens is 386 g/mol. The Morgan fingerprint density at radius 1 is 1.19 bits per heavy atom. The third-order valence-corrected chi connectivity index (χ3v) is 5.21. The number of allylic oxidation sites excluding steroid dienone is 3. The van der Waals surface area contributed by atoms with Crippen molar-refractivity contribution in [1.82, 2.24) is 10.7 Å². The van der Waals surface area contributed by atoms with Crippen LogP contribution in [0.4, 0.5) is 0 Å². The number of hydrogen-bond acceptors (Lipinski definition) is 5. The van der Waals surface area contributed by atoms with Crippen LogP contribution in [0.1, 0.15) is 65.5 Å². The van der Waals surface area contributed by atoms with Crippen molar-refractivity contribution in [2.45, 2.75) is 71.5 Å². The number of benzene rings is 1. The van der Waals surface area contributed by atoms with E-state index in [1.54, 1.807) is 19.2 Å². The Bertz CT molecular complexity index is 906. The van der Waals surface area contributed by atoms with E-state index in [0.717, 1.165) is 30.0 Å². The molecule has 0 aliphatic carbocycles. The zero-order valence-electron chi connectivity index (χ0n) is 20.0. The van der Waals surface area contributed by atoms with Gasteiger partial charge in [-0.05, 0) is 78.7 Å². The quantitative estimate of drug-likeness (QED) is 0.355. The first-order valence-corrected chi connectivity index (χ1v) is 10.7. The molecule has 1 aliphatic rings. The number of phenolic OH excluding ortho intramolecular Hbond substituents is 1. The summed E-state index contributed by atoms with van der Waals surface area (Å²) in [6.07, 6.45) is 7.36.